The molecule has 0 saturated carbocycles. The van der Waals surface area contributed by atoms with Gasteiger partial charge in [-0.15, -0.1) is 0 Å². The Morgan fingerprint density at radius 1 is 1.21 bits per heavy atom. The lowest BCUT2D eigenvalue weighted by Crippen LogP contribution is -2.62. The molecule has 1 saturated heterocycles. The number of rotatable bonds is 4. The SMILES string of the molecule is CCC1C(=O)NC(C)C(=O)N1CCc1ccccc1. The highest BCUT2D eigenvalue weighted by molar-refractivity contribution is 5.96. The molecule has 0 aliphatic carbocycles. The van der Waals surface area contributed by atoms with Crippen molar-refractivity contribution in [3.05, 3.63) is 35.9 Å². The third kappa shape index (κ3) is 2.95. The number of amides is 2. The van der Waals surface area contributed by atoms with Gasteiger partial charge in [-0.3, -0.25) is 9.59 Å². The molecule has 1 aliphatic heterocycles. The molecule has 2 atom stereocenters. The lowest BCUT2D eigenvalue weighted by molar-refractivity contribution is -0.148. The number of carbonyl (C=O) groups is 2. The zero-order valence-electron chi connectivity index (χ0n) is 11.4. The van der Waals surface area contributed by atoms with Crippen molar-refractivity contribution < 1.29 is 9.59 Å². The Hall–Kier alpha value is -1.84. The van der Waals surface area contributed by atoms with E-state index in [-0.39, 0.29) is 17.9 Å². The van der Waals surface area contributed by atoms with Crippen LogP contribution in [0, 0.1) is 0 Å². The van der Waals surface area contributed by atoms with Gasteiger partial charge in [-0.25, -0.2) is 0 Å². The van der Waals surface area contributed by atoms with Crippen LogP contribution in [0.25, 0.3) is 0 Å². The molecule has 2 amide bonds. The maximum atomic E-state index is 12.2. The second-order valence-corrected chi connectivity index (χ2v) is 4.92. The molecule has 0 aromatic heterocycles. The van der Waals surface area contributed by atoms with Crippen LogP contribution in [0.15, 0.2) is 30.3 Å². The fraction of sp³-hybridized carbons (Fsp3) is 0.467. The normalized spacial score (nSPS) is 23.4. The molecule has 1 heterocycles. The van der Waals surface area contributed by atoms with Crippen molar-refractivity contribution in [2.45, 2.75) is 38.8 Å². The largest absolute Gasteiger partial charge is 0.343 e. The fourth-order valence-corrected chi connectivity index (χ4v) is 2.48. The Labute approximate surface area is 113 Å². The number of benzene rings is 1. The van der Waals surface area contributed by atoms with Gasteiger partial charge in [0.15, 0.2) is 0 Å². The zero-order valence-corrected chi connectivity index (χ0v) is 11.4. The van der Waals surface area contributed by atoms with E-state index in [9.17, 15) is 9.59 Å². The topological polar surface area (TPSA) is 49.4 Å². The maximum absolute atomic E-state index is 12.2. The van der Waals surface area contributed by atoms with Gasteiger partial charge >= 0.3 is 0 Å². The van der Waals surface area contributed by atoms with Gasteiger partial charge in [0.2, 0.25) is 11.8 Å². The smallest absolute Gasteiger partial charge is 0.245 e. The molecule has 2 rings (SSSR count). The molecule has 1 aromatic carbocycles. The molecule has 4 nitrogen and oxygen atoms in total. The van der Waals surface area contributed by atoms with Gasteiger partial charge in [-0.2, -0.15) is 0 Å². The van der Waals surface area contributed by atoms with Gasteiger partial charge < -0.3 is 10.2 Å². The molecule has 19 heavy (non-hydrogen) atoms. The Kier molecular flexibility index (Phi) is 4.20. The van der Waals surface area contributed by atoms with E-state index in [2.05, 4.69) is 5.32 Å². The fourth-order valence-electron chi connectivity index (χ4n) is 2.48. The highest BCUT2D eigenvalue weighted by Gasteiger charge is 2.36. The number of hydrogen-bond donors (Lipinski definition) is 1. The van der Waals surface area contributed by atoms with Crippen LogP contribution in [0.5, 0.6) is 0 Å². The monoisotopic (exact) mass is 260 g/mol. The summed E-state index contributed by atoms with van der Waals surface area (Å²) in [6.45, 7) is 4.27. The number of piperazine rings is 1. The Morgan fingerprint density at radius 3 is 2.53 bits per heavy atom. The van der Waals surface area contributed by atoms with Crippen molar-refractivity contribution in [3.8, 4) is 0 Å². The van der Waals surface area contributed by atoms with Gasteiger partial charge in [0.25, 0.3) is 0 Å². The minimum Gasteiger partial charge on any atom is -0.343 e. The minimum atomic E-state index is -0.411. The van der Waals surface area contributed by atoms with Gasteiger partial charge in [-0.05, 0) is 25.3 Å². The standard InChI is InChI=1S/C15H20N2O2/c1-3-13-14(18)16-11(2)15(19)17(13)10-9-12-7-5-4-6-8-12/h4-8,11,13H,3,9-10H2,1-2H3,(H,16,18). The molecule has 1 aromatic rings. The van der Waals surface area contributed by atoms with Gasteiger partial charge in [0.1, 0.15) is 12.1 Å². The third-order valence-electron chi connectivity index (χ3n) is 3.56. The first-order valence-corrected chi connectivity index (χ1v) is 6.78. The summed E-state index contributed by atoms with van der Waals surface area (Å²) in [5.74, 6) is -0.0231. The molecule has 102 valence electrons. The summed E-state index contributed by atoms with van der Waals surface area (Å²) >= 11 is 0. The van der Waals surface area contributed by atoms with Crippen LogP contribution in [0.2, 0.25) is 0 Å². The van der Waals surface area contributed by atoms with Crippen LogP contribution >= 0.6 is 0 Å². The van der Waals surface area contributed by atoms with Crippen molar-refractivity contribution in [1.29, 1.82) is 0 Å². The average Bonchev–Trinajstić information content (AvgIpc) is 2.42. The zero-order chi connectivity index (χ0) is 13.8. The number of hydrogen-bond acceptors (Lipinski definition) is 2. The first kappa shape index (κ1) is 13.6. The lowest BCUT2D eigenvalue weighted by Gasteiger charge is -2.37. The van der Waals surface area contributed by atoms with Crippen LogP contribution in [0.3, 0.4) is 0 Å². The highest BCUT2D eigenvalue weighted by atomic mass is 16.2. The average molecular weight is 260 g/mol. The minimum absolute atomic E-state index is 0.0161. The summed E-state index contributed by atoms with van der Waals surface area (Å²) in [6, 6.07) is 9.29. The summed E-state index contributed by atoms with van der Waals surface area (Å²) in [5.41, 5.74) is 1.18. The van der Waals surface area contributed by atoms with Gasteiger partial charge in [-0.1, -0.05) is 37.3 Å². The van der Waals surface area contributed by atoms with Gasteiger partial charge in [0, 0.05) is 6.54 Å². The lowest BCUT2D eigenvalue weighted by atomic mass is 10.0. The van der Waals surface area contributed by atoms with Crippen molar-refractivity contribution in [2.24, 2.45) is 0 Å². The van der Waals surface area contributed by atoms with E-state index in [1.54, 1.807) is 11.8 Å². The van der Waals surface area contributed by atoms with E-state index in [4.69, 9.17) is 0 Å². The predicted molar refractivity (Wildman–Crippen MR) is 73.5 cm³/mol. The molecule has 0 radical (unpaired) electrons. The summed E-state index contributed by atoms with van der Waals surface area (Å²) < 4.78 is 0. The van der Waals surface area contributed by atoms with Crippen LogP contribution in [-0.4, -0.2) is 35.3 Å². The Bertz CT molecular complexity index is 458. The van der Waals surface area contributed by atoms with E-state index >= 15 is 0 Å². The highest BCUT2D eigenvalue weighted by Crippen LogP contribution is 2.14. The van der Waals surface area contributed by atoms with Crippen LogP contribution in [0.1, 0.15) is 25.8 Å². The second kappa shape index (κ2) is 5.87. The third-order valence-corrected chi connectivity index (χ3v) is 3.56. The molecule has 1 aliphatic rings. The first-order chi connectivity index (χ1) is 9.13. The van der Waals surface area contributed by atoms with Crippen LogP contribution in [0.4, 0.5) is 0 Å². The summed E-state index contributed by atoms with van der Waals surface area (Å²) in [7, 11) is 0. The summed E-state index contributed by atoms with van der Waals surface area (Å²) in [6.07, 6.45) is 1.43. The van der Waals surface area contributed by atoms with E-state index in [0.29, 0.717) is 13.0 Å². The van der Waals surface area contributed by atoms with Crippen LogP contribution in [-0.2, 0) is 16.0 Å². The van der Waals surface area contributed by atoms with E-state index in [0.717, 1.165) is 6.42 Å². The number of nitrogens with one attached hydrogen (secondary N) is 1. The Morgan fingerprint density at radius 2 is 1.89 bits per heavy atom. The molecule has 1 fully saturated rings. The van der Waals surface area contributed by atoms with Crippen molar-refractivity contribution >= 4 is 11.8 Å². The molecular formula is C15H20N2O2. The maximum Gasteiger partial charge on any atom is 0.245 e. The van der Waals surface area contributed by atoms with Crippen LogP contribution < -0.4 is 5.32 Å². The van der Waals surface area contributed by atoms with Gasteiger partial charge in [0.05, 0.1) is 0 Å². The molecule has 0 bridgehead atoms. The Balaban J connectivity index is 2.07. The van der Waals surface area contributed by atoms with E-state index in [1.807, 2.05) is 37.3 Å². The first-order valence-electron chi connectivity index (χ1n) is 6.78. The molecule has 2 unspecified atom stereocenters. The van der Waals surface area contributed by atoms with Crippen molar-refractivity contribution in [1.82, 2.24) is 10.2 Å². The van der Waals surface area contributed by atoms with E-state index < -0.39 is 6.04 Å². The molecule has 0 spiro atoms. The quantitative estimate of drug-likeness (QED) is 0.888. The predicted octanol–water partition coefficient (Wildman–Crippen LogP) is 1.35. The molecule has 1 N–H and O–H groups in total. The molecule has 4 heteroatoms. The number of nitrogens with zero attached hydrogens (tertiary/aromatic N) is 1. The van der Waals surface area contributed by atoms with E-state index in [1.165, 1.54) is 5.56 Å². The van der Waals surface area contributed by atoms with Crippen molar-refractivity contribution in [2.75, 3.05) is 6.54 Å². The second-order valence-electron chi connectivity index (χ2n) is 4.92. The summed E-state index contributed by atoms with van der Waals surface area (Å²) in [4.78, 5) is 25.8. The van der Waals surface area contributed by atoms with Crippen molar-refractivity contribution in [3.63, 3.8) is 0 Å². The summed E-state index contributed by atoms with van der Waals surface area (Å²) in [5, 5.41) is 2.73. The number of carbonyl (C=O) groups excluding carboxylic acids is 2. The molecular weight excluding hydrogens is 240 g/mol.